The predicted molar refractivity (Wildman–Crippen MR) is 144 cm³/mol. The van der Waals surface area contributed by atoms with Crippen molar-refractivity contribution in [3.63, 3.8) is 0 Å². The Morgan fingerprint density at radius 2 is 1.95 bits per heavy atom. The number of hydrazine groups is 1. The topological polar surface area (TPSA) is 132 Å². The number of hydrogen-bond acceptors (Lipinski definition) is 9. The summed E-state index contributed by atoms with van der Waals surface area (Å²) in [6.07, 6.45) is 3.32. The third-order valence-electron chi connectivity index (χ3n) is 7.30. The quantitative estimate of drug-likeness (QED) is 0.389. The number of anilines is 1. The summed E-state index contributed by atoms with van der Waals surface area (Å²) in [5.74, 6) is 0.252. The van der Waals surface area contributed by atoms with Crippen LogP contribution in [0, 0.1) is 0 Å². The number of nitrogens with two attached hydrogens (primary N) is 1. The van der Waals surface area contributed by atoms with E-state index in [9.17, 15) is 14.7 Å². The lowest BCUT2D eigenvalue weighted by Crippen LogP contribution is -2.74. The summed E-state index contributed by atoms with van der Waals surface area (Å²) in [6, 6.07) is 6.41. The molecule has 206 valence electrons. The smallest absolute Gasteiger partial charge is 0.328 e. The highest BCUT2D eigenvalue weighted by Gasteiger charge is 2.62. The van der Waals surface area contributed by atoms with E-state index in [0.29, 0.717) is 62.5 Å². The first-order chi connectivity index (χ1) is 18.3. The number of benzene rings is 1. The fourth-order valence-electron chi connectivity index (χ4n) is 5.43. The van der Waals surface area contributed by atoms with Crippen LogP contribution in [-0.4, -0.2) is 92.3 Å². The number of aliphatic hydroxyl groups excluding tert-OH is 1. The zero-order valence-electron chi connectivity index (χ0n) is 22.1. The lowest BCUT2D eigenvalue weighted by molar-refractivity contribution is -0.151. The number of rotatable bonds is 12. The maximum absolute atomic E-state index is 14.1. The summed E-state index contributed by atoms with van der Waals surface area (Å²) in [5.41, 5.74) is 7.25. The van der Waals surface area contributed by atoms with Crippen LogP contribution in [0.1, 0.15) is 44.7 Å². The molecule has 0 spiro atoms. The number of nitrogens with zero attached hydrogens (tertiary/aromatic N) is 6. The number of para-hydroxylation sites is 1. The van der Waals surface area contributed by atoms with Gasteiger partial charge in [0.2, 0.25) is 5.22 Å². The van der Waals surface area contributed by atoms with E-state index in [1.165, 1.54) is 11.1 Å². The fourth-order valence-corrected chi connectivity index (χ4v) is 5.59. The van der Waals surface area contributed by atoms with Gasteiger partial charge in [-0.2, -0.15) is 0 Å². The maximum Gasteiger partial charge on any atom is 0.328 e. The van der Waals surface area contributed by atoms with Crippen molar-refractivity contribution >= 4 is 35.1 Å². The van der Waals surface area contributed by atoms with Gasteiger partial charge < -0.3 is 15.4 Å². The number of nitrogen functional groups attached to an aromatic ring is 1. The van der Waals surface area contributed by atoms with Gasteiger partial charge in [0, 0.05) is 43.9 Å². The van der Waals surface area contributed by atoms with Crippen LogP contribution in [0.15, 0.2) is 40.0 Å². The summed E-state index contributed by atoms with van der Waals surface area (Å²) < 4.78 is 5.06. The number of fused-ring (bicyclic) bond motifs is 1. The number of aromatic nitrogens is 1. The van der Waals surface area contributed by atoms with Crippen molar-refractivity contribution in [3.8, 4) is 0 Å². The van der Waals surface area contributed by atoms with Crippen molar-refractivity contribution in [3.05, 3.63) is 46.8 Å². The highest BCUT2D eigenvalue weighted by Crippen LogP contribution is 2.42. The Kier molecular flexibility index (Phi) is 8.59. The normalized spacial score (nSPS) is 21.5. The molecule has 1 fully saturated rings. The Bertz CT molecular complexity index is 1190. The zero-order valence-corrected chi connectivity index (χ0v) is 22.9. The highest BCUT2D eigenvalue weighted by molar-refractivity contribution is 6.29. The van der Waals surface area contributed by atoms with Gasteiger partial charge in [-0.05, 0) is 42.5 Å². The molecule has 2 aliphatic heterocycles. The van der Waals surface area contributed by atoms with E-state index in [0.717, 1.165) is 5.56 Å². The average molecular weight is 546 g/mol. The first-order valence-corrected chi connectivity index (χ1v) is 13.5. The van der Waals surface area contributed by atoms with Gasteiger partial charge in [-0.1, -0.05) is 44.1 Å². The van der Waals surface area contributed by atoms with Gasteiger partial charge >= 0.3 is 6.03 Å². The predicted octanol–water partition coefficient (Wildman–Crippen LogP) is 2.79. The molecule has 2 unspecified atom stereocenters. The van der Waals surface area contributed by atoms with E-state index in [-0.39, 0.29) is 30.2 Å². The lowest BCUT2D eigenvalue weighted by atomic mass is 9.91. The fraction of sp³-hybridized carbons (Fsp3) is 0.538. The maximum atomic E-state index is 14.1. The minimum atomic E-state index is -1.15. The van der Waals surface area contributed by atoms with Crippen LogP contribution in [0.5, 0.6) is 0 Å². The van der Waals surface area contributed by atoms with Crippen LogP contribution < -0.4 is 5.73 Å². The van der Waals surface area contributed by atoms with Crippen LogP contribution in [0.4, 0.5) is 10.5 Å². The van der Waals surface area contributed by atoms with Crippen LogP contribution >= 0.6 is 11.6 Å². The summed E-state index contributed by atoms with van der Waals surface area (Å²) in [6.45, 7) is 7.14. The Hall–Kier alpha value is -3.15. The van der Waals surface area contributed by atoms with Crippen LogP contribution in [-0.2, 0) is 17.6 Å². The Morgan fingerprint density at radius 3 is 2.55 bits per heavy atom. The summed E-state index contributed by atoms with van der Waals surface area (Å²) >= 11 is 6.23. The molecule has 4 rings (SSSR count). The number of aliphatic imine (C=N–C) groups is 1. The number of urea groups is 1. The number of carbonyl (C=O) groups excluding carboxylic acids is 2. The first-order valence-electron chi connectivity index (χ1n) is 13.1. The molecule has 3 heterocycles. The molecule has 1 aromatic carbocycles. The van der Waals surface area contributed by atoms with E-state index in [4.69, 9.17) is 26.9 Å². The molecule has 0 bridgehead atoms. The van der Waals surface area contributed by atoms with Crippen LogP contribution in [0.3, 0.4) is 0 Å². The minimum Gasteiger partial charge on any atom is -0.399 e. The SMILES string of the molecule is CCCN1C(=O)C2N(N(CC)CCO)C(Cc3cnoc3Cl)=NC2(CC)N(CCc2ccccc2N)C1=O. The van der Waals surface area contributed by atoms with Crippen molar-refractivity contribution in [2.75, 3.05) is 38.5 Å². The molecule has 1 aromatic heterocycles. The van der Waals surface area contributed by atoms with Gasteiger partial charge in [-0.3, -0.25) is 19.6 Å². The molecule has 12 heteroatoms. The van der Waals surface area contributed by atoms with Gasteiger partial charge in [0.1, 0.15) is 5.84 Å². The van der Waals surface area contributed by atoms with E-state index in [1.807, 2.05) is 55.1 Å². The molecule has 11 nitrogen and oxygen atoms in total. The Balaban J connectivity index is 1.83. The summed E-state index contributed by atoms with van der Waals surface area (Å²) in [5, 5.41) is 17.5. The van der Waals surface area contributed by atoms with Crippen molar-refractivity contribution in [1.82, 2.24) is 25.0 Å². The van der Waals surface area contributed by atoms with E-state index >= 15 is 0 Å². The number of amides is 3. The van der Waals surface area contributed by atoms with Gasteiger partial charge in [0.15, 0.2) is 11.7 Å². The molecule has 38 heavy (non-hydrogen) atoms. The monoisotopic (exact) mass is 545 g/mol. The Labute approximate surface area is 227 Å². The standard InChI is InChI=1S/C26H36ClN7O4/c1-4-12-32-24(36)22-26(5-2,33(25(32)37)13-11-18-9-7-8-10-20(18)28)30-21(16-19-17-29-38-23(19)27)34(22)31(6-3)14-15-35/h7-10,17,22,35H,4-6,11-16,28H2,1-3H3. The molecule has 2 aliphatic rings. The van der Waals surface area contributed by atoms with E-state index in [1.54, 1.807) is 4.90 Å². The van der Waals surface area contributed by atoms with Crippen molar-refractivity contribution < 1.29 is 19.2 Å². The zero-order chi connectivity index (χ0) is 27.4. The number of carbonyl (C=O) groups is 2. The molecular weight excluding hydrogens is 510 g/mol. The molecule has 0 saturated carbocycles. The average Bonchev–Trinajstić information content (AvgIpc) is 3.47. The van der Waals surface area contributed by atoms with Crippen LogP contribution in [0.2, 0.25) is 5.22 Å². The third kappa shape index (κ3) is 4.85. The van der Waals surface area contributed by atoms with Gasteiger partial charge in [-0.25, -0.2) is 14.8 Å². The second-order valence-electron chi connectivity index (χ2n) is 9.45. The second kappa shape index (κ2) is 11.7. The number of imide groups is 1. The molecule has 0 radical (unpaired) electrons. The molecule has 2 aromatic rings. The molecule has 3 amide bonds. The number of likely N-dealkylation sites (N-methyl/N-ethyl adjacent to an activating group) is 1. The Morgan fingerprint density at radius 1 is 1.18 bits per heavy atom. The molecular formula is C26H36ClN7O4. The van der Waals surface area contributed by atoms with Crippen molar-refractivity contribution in [1.29, 1.82) is 0 Å². The largest absolute Gasteiger partial charge is 0.399 e. The van der Waals surface area contributed by atoms with E-state index in [2.05, 4.69) is 5.16 Å². The first kappa shape index (κ1) is 27.9. The second-order valence-corrected chi connectivity index (χ2v) is 9.79. The van der Waals surface area contributed by atoms with Crippen LogP contribution in [0.25, 0.3) is 0 Å². The molecule has 0 aliphatic carbocycles. The molecule has 1 saturated heterocycles. The molecule has 3 N–H and O–H groups in total. The lowest BCUT2D eigenvalue weighted by Gasteiger charge is -2.51. The minimum absolute atomic E-state index is 0.111. The summed E-state index contributed by atoms with van der Waals surface area (Å²) in [4.78, 5) is 36.2. The molecule has 2 atom stereocenters. The van der Waals surface area contributed by atoms with Gasteiger partial charge in [0.05, 0.1) is 12.8 Å². The third-order valence-corrected chi connectivity index (χ3v) is 7.61. The van der Waals surface area contributed by atoms with E-state index < -0.39 is 11.7 Å². The van der Waals surface area contributed by atoms with Gasteiger partial charge in [-0.15, -0.1) is 0 Å². The summed E-state index contributed by atoms with van der Waals surface area (Å²) in [7, 11) is 0. The number of amidine groups is 1. The van der Waals surface area contributed by atoms with Gasteiger partial charge in [0.25, 0.3) is 5.91 Å². The number of halogens is 1. The number of aliphatic hydroxyl groups is 1. The van der Waals surface area contributed by atoms with Crippen molar-refractivity contribution in [2.24, 2.45) is 4.99 Å². The van der Waals surface area contributed by atoms with Crippen molar-refractivity contribution in [2.45, 2.75) is 58.2 Å². The highest BCUT2D eigenvalue weighted by atomic mass is 35.5. The number of hydrogen-bond donors (Lipinski definition) is 2.